The normalized spacial score (nSPS) is 37.9. The standard InChI is InChI=1S/C13H16BN3O4S/c14-22-13-10(18)9(16-17-15)11-8(20-13)6-19-12(21-11)7-4-2-1-3-5-7/h1-5,8-13,18H,6,14H2/t8?,9?,10?,11-,12?,13+/m0/s1. The molecule has 0 spiro atoms. The van der Waals surface area contributed by atoms with Crippen LogP contribution in [-0.2, 0) is 14.2 Å². The van der Waals surface area contributed by atoms with Crippen LogP contribution in [0.1, 0.15) is 11.9 Å². The van der Waals surface area contributed by atoms with Gasteiger partial charge in [0.2, 0.25) is 0 Å². The van der Waals surface area contributed by atoms with Crippen LogP contribution in [0.2, 0.25) is 0 Å². The lowest BCUT2D eigenvalue weighted by Gasteiger charge is -2.46. The van der Waals surface area contributed by atoms with Crippen molar-refractivity contribution in [3.63, 3.8) is 0 Å². The van der Waals surface area contributed by atoms with Crippen LogP contribution in [0.5, 0.6) is 0 Å². The van der Waals surface area contributed by atoms with Crippen molar-refractivity contribution in [3.8, 4) is 0 Å². The second kappa shape index (κ2) is 6.91. The Hall–Kier alpha value is -1.22. The summed E-state index contributed by atoms with van der Waals surface area (Å²) in [5.74, 6) is 0. The van der Waals surface area contributed by atoms with E-state index in [0.29, 0.717) is 6.61 Å². The van der Waals surface area contributed by atoms with Gasteiger partial charge >= 0.3 is 0 Å². The Morgan fingerprint density at radius 2 is 2.09 bits per heavy atom. The maximum atomic E-state index is 10.3. The number of azide groups is 1. The van der Waals surface area contributed by atoms with Gasteiger partial charge in [0.25, 0.3) is 0 Å². The molecule has 0 saturated carbocycles. The maximum Gasteiger partial charge on any atom is 0.184 e. The van der Waals surface area contributed by atoms with Crippen molar-refractivity contribution in [1.29, 1.82) is 0 Å². The molecule has 7 nitrogen and oxygen atoms in total. The van der Waals surface area contributed by atoms with Gasteiger partial charge in [0.15, 0.2) is 13.4 Å². The lowest BCUT2D eigenvalue weighted by molar-refractivity contribution is -0.297. The Balaban J connectivity index is 1.82. The molecule has 2 aliphatic rings. The first kappa shape index (κ1) is 15.7. The molecule has 0 amide bonds. The van der Waals surface area contributed by atoms with Crippen molar-refractivity contribution in [2.75, 3.05) is 6.61 Å². The third-order valence-corrected chi connectivity index (χ3v) is 4.68. The predicted molar refractivity (Wildman–Crippen MR) is 83.7 cm³/mol. The summed E-state index contributed by atoms with van der Waals surface area (Å²) in [6.07, 6.45) is -2.37. The van der Waals surface area contributed by atoms with Crippen LogP contribution < -0.4 is 0 Å². The van der Waals surface area contributed by atoms with Crippen LogP contribution >= 0.6 is 11.6 Å². The minimum atomic E-state index is -0.915. The number of hydrogen-bond donors (Lipinski definition) is 1. The molecule has 1 aromatic rings. The third-order valence-electron chi connectivity index (χ3n) is 3.82. The highest BCUT2D eigenvalue weighted by molar-refractivity contribution is 8.20. The van der Waals surface area contributed by atoms with Gasteiger partial charge in [0.05, 0.1) is 18.8 Å². The van der Waals surface area contributed by atoms with Crippen molar-refractivity contribution in [3.05, 3.63) is 46.3 Å². The Morgan fingerprint density at radius 1 is 1.32 bits per heavy atom. The first-order chi connectivity index (χ1) is 10.7. The number of aliphatic hydroxyl groups excluding tert-OH is 1. The molecule has 9 heteroatoms. The molecular weight excluding hydrogens is 305 g/mol. The summed E-state index contributed by atoms with van der Waals surface area (Å²) in [7, 11) is 1.83. The van der Waals surface area contributed by atoms with Gasteiger partial charge in [-0.25, -0.2) is 0 Å². The predicted octanol–water partition coefficient (Wildman–Crippen LogP) is 1.15. The quantitative estimate of drug-likeness (QED) is 0.390. The van der Waals surface area contributed by atoms with Crippen molar-refractivity contribution in [2.45, 2.75) is 36.1 Å². The largest absolute Gasteiger partial charge is 0.389 e. The molecule has 4 unspecified atom stereocenters. The molecule has 0 radical (unpaired) electrons. The second-order valence-electron chi connectivity index (χ2n) is 5.14. The van der Waals surface area contributed by atoms with Gasteiger partial charge in [-0.3, -0.25) is 0 Å². The summed E-state index contributed by atoms with van der Waals surface area (Å²) >= 11 is 1.37. The molecule has 22 heavy (non-hydrogen) atoms. The van der Waals surface area contributed by atoms with E-state index in [2.05, 4.69) is 10.0 Å². The van der Waals surface area contributed by atoms with E-state index in [1.54, 1.807) is 0 Å². The molecule has 2 heterocycles. The van der Waals surface area contributed by atoms with Gasteiger partial charge in [-0.05, 0) is 5.53 Å². The van der Waals surface area contributed by atoms with E-state index in [-0.39, 0.29) is 6.10 Å². The lowest BCUT2D eigenvalue weighted by atomic mass is 9.97. The average Bonchev–Trinajstić information content (AvgIpc) is 2.57. The fourth-order valence-corrected chi connectivity index (χ4v) is 3.44. The molecule has 116 valence electrons. The number of nitrogens with zero attached hydrogens (tertiary/aromatic N) is 3. The van der Waals surface area contributed by atoms with E-state index in [1.165, 1.54) is 11.6 Å². The number of fused-ring (bicyclic) bond motifs is 1. The molecule has 2 saturated heterocycles. The lowest BCUT2D eigenvalue weighted by Crippen LogP contribution is -2.60. The Kier molecular flexibility index (Phi) is 4.92. The number of aliphatic hydroxyl groups is 1. The van der Waals surface area contributed by atoms with Crippen molar-refractivity contribution in [1.82, 2.24) is 0 Å². The number of benzene rings is 1. The zero-order valence-electron chi connectivity index (χ0n) is 12.0. The number of ether oxygens (including phenoxy) is 3. The van der Waals surface area contributed by atoms with Crippen LogP contribution in [0.4, 0.5) is 0 Å². The van der Waals surface area contributed by atoms with Crippen molar-refractivity contribution in [2.24, 2.45) is 5.11 Å². The highest BCUT2D eigenvalue weighted by Crippen LogP contribution is 2.37. The van der Waals surface area contributed by atoms with Crippen LogP contribution in [0.15, 0.2) is 35.4 Å². The Morgan fingerprint density at radius 3 is 2.77 bits per heavy atom. The molecule has 1 aromatic carbocycles. The van der Waals surface area contributed by atoms with Crippen LogP contribution in [0.25, 0.3) is 10.4 Å². The van der Waals surface area contributed by atoms with Gasteiger partial charge in [-0.2, -0.15) is 11.6 Å². The van der Waals surface area contributed by atoms with E-state index in [0.717, 1.165) is 5.56 Å². The van der Waals surface area contributed by atoms with Gasteiger partial charge in [-0.1, -0.05) is 35.4 Å². The molecule has 3 rings (SSSR count). The highest BCUT2D eigenvalue weighted by Gasteiger charge is 2.48. The monoisotopic (exact) mass is 321 g/mol. The van der Waals surface area contributed by atoms with Gasteiger partial charge < -0.3 is 19.3 Å². The molecule has 0 bridgehead atoms. The summed E-state index contributed by atoms with van der Waals surface area (Å²) in [5, 5.41) is 14.1. The van der Waals surface area contributed by atoms with Crippen LogP contribution in [0, 0.1) is 0 Å². The zero-order chi connectivity index (χ0) is 15.5. The summed E-state index contributed by atoms with van der Waals surface area (Å²) in [6.45, 7) is 0.325. The second-order valence-corrected chi connectivity index (χ2v) is 6.08. The fourth-order valence-electron chi connectivity index (χ4n) is 2.75. The van der Waals surface area contributed by atoms with Gasteiger partial charge in [0, 0.05) is 10.5 Å². The number of rotatable bonds is 3. The van der Waals surface area contributed by atoms with Gasteiger partial charge in [0.1, 0.15) is 17.6 Å². The molecule has 2 aliphatic heterocycles. The summed E-state index contributed by atoms with van der Waals surface area (Å²) in [5.41, 5.74) is 9.20. The fraction of sp³-hybridized carbons (Fsp3) is 0.538. The Bertz CT molecular complexity index is 559. The molecule has 2 fully saturated rings. The van der Waals surface area contributed by atoms with Crippen molar-refractivity contribution < 1.29 is 19.3 Å². The molecule has 6 atom stereocenters. The highest BCUT2D eigenvalue weighted by atomic mass is 32.2. The van der Waals surface area contributed by atoms with Gasteiger partial charge in [-0.15, -0.1) is 0 Å². The summed E-state index contributed by atoms with van der Waals surface area (Å²) in [6, 6.07) is 8.81. The summed E-state index contributed by atoms with van der Waals surface area (Å²) < 4.78 is 17.4. The van der Waals surface area contributed by atoms with E-state index in [9.17, 15) is 5.11 Å². The topological polar surface area (TPSA) is 96.7 Å². The van der Waals surface area contributed by atoms with E-state index < -0.39 is 30.0 Å². The smallest absolute Gasteiger partial charge is 0.184 e. The molecular formula is C13H16BN3O4S. The minimum absolute atomic E-state index is 0.325. The maximum absolute atomic E-state index is 10.3. The first-order valence-electron chi connectivity index (χ1n) is 6.97. The molecule has 0 aromatic heterocycles. The minimum Gasteiger partial charge on any atom is -0.389 e. The van der Waals surface area contributed by atoms with Crippen LogP contribution in [0.3, 0.4) is 0 Å². The van der Waals surface area contributed by atoms with Crippen molar-refractivity contribution >= 4 is 18.7 Å². The first-order valence-corrected chi connectivity index (χ1v) is 8.26. The molecule has 1 N–H and O–H groups in total. The number of hydrogen-bond acceptors (Lipinski definition) is 6. The van der Waals surface area contributed by atoms with E-state index >= 15 is 0 Å². The van der Waals surface area contributed by atoms with Crippen LogP contribution in [-0.4, -0.2) is 48.6 Å². The Labute approximate surface area is 132 Å². The van der Waals surface area contributed by atoms with E-state index in [4.69, 9.17) is 19.7 Å². The van der Waals surface area contributed by atoms with E-state index in [1.807, 2.05) is 37.5 Å². The molecule has 0 aliphatic carbocycles. The SMILES string of the molecule is BS[C@H]1OC2COC(c3ccccc3)O[C@@H]2C(N=[N+]=[N-])C1O. The summed E-state index contributed by atoms with van der Waals surface area (Å²) in [4.78, 5) is 2.85. The average molecular weight is 321 g/mol. The zero-order valence-corrected chi connectivity index (χ0v) is 12.8. The third kappa shape index (κ3) is 2.96.